The highest BCUT2D eigenvalue weighted by atomic mass is 79.9. The van der Waals surface area contributed by atoms with Crippen molar-refractivity contribution in [1.29, 1.82) is 0 Å². The standard InChI is InChI=1S/C9H12BrCl2NO2S2/c1-2-4-13(5-3-10)17(14,15)7-6-8(11)16-9(7)12/h6H,2-5H2,1H3. The first-order valence-electron chi connectivity index (χ1n) is 4.94. The zero-order valence-corrected chi connectivity index (χ0v) is 13.9. The maximum absolute atomic E-state index is 12.3. The minimum atomic E-state index is -3.54. The fourth-order valence-corrected chi connectivity index (χ4v) is 5.64. The largest absolute Gasteiger partial charge is 0.245 e. The molecule has 8 heteroatoms. The summed E-state index contributed by atoms with van der Waals surface area (Å²) in [6.07, 6.45) is 0.752. The van der Waals surface area contributed by atoms with E-state index in [1.54, 1.807) is 0 Å². The molecule has 1 aromatic rings. The number of rotatable bonds is 6. The Morgan fingerprint density at radius 3 is 2.47 bits per heavy atom. The van der Waals surface area contributed by atoms with E-state index >= 15 is 0 Å². The molecule has 1 aromatic heterocycles. The molecule has 0 aliphatic heterocycles. The number of alkyl halides is 1. The van der Waals surface area contributed by atoms with Gasteiger partial charge in [-0.25, -0.2) is 8.42 Å². The molecule has 98 valence electrons. The SMILES string of the molecule is CCCN(CCBr)S(=O)(=O)c1cc(Cl)sc1Cl. The highest BCUT2D eigenvalue weighted by Gasteiger charge is 2.27. The molecule has 0 atom stereocenters. The van der Waals surface area contributed by atoms with Gasteiger partial charge < -0.3 is 0 Å². The second kappa shape index (κ2) is 6.73. The molecule has 0 aromatic carbocycles. The van der Waals surface area contributed by atoms with Crippen molar-refractivity contribution >= 4 is 60.5 Å². The minimum Gasteiger partial charge on any atom is -0.207 e. The van der Waals surface area contributed by atoms with Crippen LogP contribution in [-0.4, -0.2) is 31.1 Å². The average molecular weight is 381 g/mol. The third-order valence-corrected chi connectivity index (χ3v) is 6.06. The molecule has 0 spiro atoms. The Hall–Kier alpha value is 0.670. The van der Waals surface area contributed by atoms with Crippen LogP contribution in [0.15, 0.2) is 11.0 Å². The fraction of sp³-hybridized carbons (Fsp3) is 0.556. The van der Waals surface area contributed by atoms with Crippen LogP contribution in [0.2, 0.25) is 8.67 Å². The van der Waals surface area contributed by atoms with Gasteiger partial charge in [-0.15, -0.1) is 11.3 Å². The summed E-state index contributed by atoms with van der Waals surface area (Å²) in [6.45, 7) is 2.82. The minimum absolute atomic E-state index is 0.101. The van der Waals surface area contributed by atoms with E-state index in [4.69, 9.17) is 23.2 Å². The molecule has 0 fully saturated rings. The zero-order valence-electron chi connectivity index (χ0n) is 9.12. The van der Waals surface area contributed by atoms with E-state index in [0.717, 1.165) is 17.8 Å². The molecule has 0 aliphatic carbocycles. The lowest BCUT2D eigenvalue weighted by molar-refractivity contribution is 0.430. The van der Waals surface area contributed by atoms with E-state index in [2.05, 4.69) is 15.9 Å². The van der Waals surface area contributed by atoms with Gasteiger partial charge in [-0.2, -0.15) is 4.31 Å². The summed E-state index contributed by atoms with van der Waals surface area (Å²) in [5.74, 6) is 0. The summed E-state index contributed by atoms with van der Waals surface area (Å²) in [5.41, 5.74) is 0. The summed E-state index contributed by atoms with van der Waals surface area (Å²) < 4.78 is 26.6. The fourth-order valence-electron chi connectivity index (χ4n) is 1.34. The van der Waals surface area contributed by atoms with Crippen molar-refractivity contribution in [1.82, 2.24) is 4.31 Å². The summed E-state index contributed by atoms with van der Waals surface area (Å²) in [4.78, 5) is 0.101. The van der Waals surface area contributed by atoms with Crippen LogP contribution in [-0.2, 0) is 10.0 Å². The van der Waals surface area contributed by atoms with Crippen molar-refractivity contribution in [3.8, 4) is 0 Å². The van der Waals surface area contributed by atoms with E-state index in [-0.39, 0.29) is 9.23 Å². The summed E-state index contributed by atoms with van der Waals surface area (Å²) in [5, 5.41) is 0.585. The van der Waals surface area contributed by atoms with Gasteiger partial charge in [0.1, 0.15) is 9.23 Å². The normalized spacial score (nSPS) is 12.3. The molecule has 1 heterocycles. The van der Waals surface area contributed by atoms with Gasteiger partial charge in [0.05, 0.1) is 4.34 Å². The van der Waals surface area contributed by atoms with Gasteiger partial charge in [0.2, 0.25) is 10.0 Å². The monoisotopic (exact) mass is 379 g/mol. The molecule has 0 bridgehead atoms. The first-order valence-corrected chi connectivity index (χ1v) is 9.07. The number of sulfonamides is 1. The summed E-state index contributed by atoms with van der Waals surface area (Å²) >= 11 is 16.0. The quantitative estimate of drug-likeness (QED) is 0.703. The number of hydrogen-bond donors (Lipinski definition) is 0. The molecule has 0 aliphatic rings. The van der Waals surface area contributed by atoms with Crippen LogP contribution in [0.1, 0.15) is 13.3 Å². The smallest absolute Gasteiger partial charge is 0.207 e. The third kappa shape index (κ3) is 3.81. The van der Waals surface area contributed by atoms with Crippen molar-refractivity contribution < 1.29 is 8.42 Å². The van der Waals surface area contributed by atoms with Crippen molar-refractivity contribution in [2.75, 3.05) is 18.4 Å². The van der Waals surface area contributed by atoms with Crippen LogP contribution < -0.4 is 0 Å². The van der Waals surface area contributed by atoms with E-state index in [1.807, 2.05) is 6.92 Å². The molecular formula is C9H12BrCl2NO2S2. The molecule has 0 N–H and O–H groups in total. The van der Waals surface area contributed by atoms with E-state index in [9.17, 15) is 8.42 Å². The molecule has 0 radical (unpaired) electrons. The Labute approximate surface area is 124 Å². The molecule has 1 rings (SSSR count). The van der Waals surface area contributed by atoms with E-state index in [1.165, 1.54) is 10.4 Å². The van der Waals surface area contributed by atoms with Crippen molar-refractivity contribution in [3.63, 3.8) is 0 Å². The molecule has 0 saturated heterocycles. The molecule has 17 heavy (non-hydrogen) atoms. The molecule has 0 amide bonds. The lowest BCUT2D eigenvalue weighted by atomic mass is 10.5. The predicted molar refractivity (Wildman–Crippen MR) is 77.2 cm³/mol. The van der Waals surface area contributed by atoms with Crippen LogP contribution in [0.25, 0.3) is 0 Å². The van der Waals surface area contributed by atoms with Gasteiger partial charge in [-0.05, 0) is 12.5 Å². The topological polar surface area (TPSA) is 37.4 Å². The highest BCUT2D eigenvalue weighted by Crippen LogP contribution is 2.35. The number of hydrogen-bond acceptors (Lipinski definition) is 3. The zero-order chi connectivity index (χ0) is 13.1. The van der Waals surface area contributed by atoms with Gasteiger partial charge in [0.25, 0.3) is 0 Å². The van der Waals surface area contributed by atoms with Crippen LogP contribution in [0.4, 0.5) is 0 Å². The lowest BCUT2D eigenvalue weighted by Crippen LogP contribution is -2.33. The van der Waals surface area contributed by atoms with Crippen molar-refractivity contribution in [2.45, 2.75) is 18.2 Å². The van der Waals surface area contributed by atoms with Gasteiger partial charge in [0, 0.05) is 18.4 Å². The van der Waals surface area contributed by atoms with E-state index in [0.29, 0.717) is 22.8 Å². The maximum atomic E-state index is 12.3. The Bertz CT molecular complexity index is 469. The van der Waals surface area contributed by atoms with Gasteiger partial charge in [-0.3, -0.25) is 0 Å². The van der Waals surface area contributed by atoms with Gasteiger partial charge in [-0.1, -0.05) is 46.1 Å². The van der Waals surface area contributed by atoms with E-state index < -0.39 is 10.0 Å². The predicted octanol–water partition coefficient (Wildman–Crippen LogP) is 3.85. The number of halogens is 3. The number of thiophene rings is 1. The van der Waals surface area contributed by atoms with Gasteiger partial charge in [0.15, 0.2) is 0 Å². The third-order valence-electron chi connectivity index (χ3n) is 2.05. The second-order valence-corrected chi connectivity index (χ2v) is 8.27. The molecular weight excluding hydrogens is 369 g/mol. The summed E-state index contributed by atoms with van der Waals surface area (Å²) in [6, 6.07) is 1.40. The summed E-state index contributed by atoms with van der Waals surface area (Å²) in [7, 11) is -3.54. The Morgan fingerprint density at radius 2 is 2.06 bits per heavy atom. The first-order chi connectivity index (χ1) is 7.93. The van der Waals surface area contributed by atoms with Crippen molar-refractivity contribution in [2.24, 2.45) is 0 Å². The maximum Gasteiger partial charge on any atom is 0.245 e. The Kier molecular flexibility index (Phi) is 6.22. The van der Waals surface area contributed by atoms with Crippen molar-refractivity contribution in [3.05, 3.63) is 14.7 Å². The Balaban J connectivity index is 3.11. The lowest BCUT2D eigenvalue weighted by Gasteiger charge is -2.20. The second-order valence-electron chi connectivity index (χ2n) is 3.28. The number of nitrogens with zero attached hydrogens (tertiary/aromatic N) is 1. The highest BCUT2D eigenvalue weighted by molar-refractivity contribution is 9.09. The van der Waals surface area contributed by atoms with Crippen LogP contribution in [0.3, 0.4) is 0 Å². The van der Waals surface area contributed by atoms with Crippen LogP contribution in [0.5, 0.6) is 0 Å². The molecule has 3 nitrogen and oxygen atoms in total. The van der Waals surface area contributed by atoms with Gasteiger partial charge >= 0.3 is 0 Å². The average Bonchev–Trinajstić information content (AvgIpc) is 2.58. The first kappa shape index (κ1) is 15.7. The van der Waals surface area contributed by atoms with Crippen LogP contribution >= 0.6 is 50.5 Å². The van der Waals surface area contributed by atoms with Crippen LogP contribution in [0, 0.1) is 0 Å². The molecule has 0 saturated carbocycles. The Morgan fingerprint density at radius 1 is 1.41 bits per heavy atom. The molecule has 0 unspecified atom stereocenters.